The Balaban J connectivity index is 2.80. The van der Waals surface area contributed by atoms with Gasteiger partial charge in [0.2, 0.25) is 0 Å². The molecule has 0 unspecified atom stereocenters. The molecule has 1 rings (SSSR count). The zero-order valence-electron chi connectivity index (χ0n) is 24.9. The second-order valence-corrected chi connectivity index (χ2v) is 10.5. The fourth-order valence-corrected chi connectivity index (χ4v) is 3.39. The van der Waals surface area contributed by atoms with Crippen molar-refractivity contribution in [3.8, 4) is 11.5 Å². The maximum atomic E-state index is 12.5. The van der Waals surface area contributed by atoms with Crippen LogP contribution in [0.5, 0.6) is 11.5 Å². The first kappa shape index (κ1) is 34.9. The predicted octanol–water partition coefficient (Wildman–Crippen LogP) is 5.80. The summed E-state index contributed by atoms with van der Waals surface area (Å²) in [6, 6.07) is 3.68. The van der Waals surface area contributed by atoms with Gasteiger partial charge in [0.05, 0.1) is 0 Å². The molecule has 10 heteroatoms. The number of carbonyl (C=O) groups excluding carboxylic acids is 4. The molecule has 2 atom stereocenters. The number of carbonyl (C=O) groups is 4. The summed E-state index contributed by atoms with van der Waals surface area (Å²) in [4.78, 5) is 49.1. The van der Waals surface area contributed by atoms with Gasteiger partial charge >= 0.3 is 24.1 Å². The molecule has 10 nitrogen and oxygen atoms in total. The Hall–Kier alpha value is -3.14. The molecular formula is C30H47NO9. The van der Waals surface area contributed by atoms with Gasteiger partial charge in [0.25, 0.3) is 0 Å². The highest BCUT2D eigenvalue weighted by molar-refractivity contribution is 5.77. The molecule has 0 heterocycles. The van der Waals surface area contributed by atoms with Crippen molar-refractivity contribution in [3.63, 3.8) is 0 Å². The van der Waals surface area contributed by atoms with E-state index in [1.807, 2.05) is 20.8 Å². The van der Waals surface area contributed by atoms with E-state index in [-0.39, 0.29) is 37.4 Å². The molecule has 0 radical (unpaired) electrons. The molecule has 0 aliphatic heterocycles. The number of ether oxygens (including phenoxy) is 5. The van der Waals surface area contributed by atoms with Gasteiger partial charge in [-0.3, -0.25) is 14.4 Å². The van der Waals surface area contributed by atoms with Crippen LogP contribution in [0.3, 0.4) is 0 Å². The smallest absolute Gasteiger partial charge is 0.461 e. The number of esters is 3. The van der Waals surface area contributed by atoms with Crippen LogP contribution in [-0.2, 0) is 35.0 Å². The second-order valence-electron chi connectivity index (χ2n) is 10.5. The third-order valence-electron chi connectivity index (χ3n) is 6.15. The molecule has 40 heavy (non-hydrogen) atoms. The molecule has 0 amide bonds. The average Bonchev–Trinajstić information content (AvgIpc) is 2.88. The molecule has 0 aliphatic carbocycles. The van der Waals surface area contributed by atoms with Gasteiger partial charge in [0.1, 0.15) is 24.4 Å². The monoisotopic (exact) mass is 565 g/mol. The highest BCUT2D eigenvalue weighted by atomic mass is 16.7. The zero-order chi connectivity index (χ0) is 30.1. The topological polar surface area (TPSA) is 140 Å². The minimum absolute atomic E-state index is 0.0753. The number of rotatable bonds is 18. The van der Waals surface area contributed by atoms with E-state index in [0.29, 0.717) is 24.8 Å². The lowest BCUT2D eigenvalue weighted by Crippen LogP contribution is -2.36. The first-order chi connectivity index (χ1) is 18.9. The van der Waals surface area contributed by atoms with Crippen molar-refractivity contribution in [3.05, 3.63) is 23.8 Å². The summed E-state index contributed by atoms with van der Waals surface area (Å²) < 4.78 is 26.6. The third kappa shape index (κ3) is 14.3. The SMILES string of the molecule is CCCCCC(=O)Oc1ccc(C[C@H](N)C(=O)OC[C@H](C)OC(=O)OC(C)(C)CC)cc1OC(=O)CCCCC. The maximum absolute atomic E-state index is 12.5. The summed E-state index contributed by atoms with van der Waals surface area (Å²) in [5.74, 6) is -1.31. The van der Waals surface area contributed by atoms with Crippen LogP contribution in [0, 0.1) is 0 Å². The fraction of sp³-hybridized carbons (Fsp3) is 0.667. The minimum atomic E-state index is -1.03. The summed E-state index contributed by atoms with van der Waals surface area (Å²) in [5.41, 5.74) is 5.98. The molecule has 0 spiro atoms. The van der Waals surface area contributed by atoms with E-state index in [9.17, 15) is 19.2 Å². The van der Waals surface area contributed by atoms with Gasteiger partial charge in [-0.15, -0.1) is 0 Å². The van der Waals surface area contributed by atoms with Gasteiger partial charge in [0.15, 0.2) is 11.5 Å². The molecule has 226 valence electrons. The Morgan fingerprint density at radius 3 is 2.00 bits per heavy atom. The highest BCUT2D eigenvalue weighted by Gasteiger charge is 2.24. The Labute approximate surface area is 238 Å². The lowest BCUT2D eigenvalue weighted by molar-refractivity contribution is -0.148. The molecule has 0 aliphatic rings. The summed E-state index contributed by atoms with van der Waals surface area (Å²) in [6.45, 7) is 10.9. The van der Waals surface area contributed by atoms with Crippen LogP contribution in [0.1, 0.15) is 105 Å². The first-order valence-electron chi connectivity index (χ1n) is 14.3. The maximum Gasteiger partial charge on any atom is 0.509 e. The van der Waals surface area contributed by atoms with Crippen LogP contribution in [0.2, 0.25) is 0 Å². The van der Waals surface area contributed by atoms with Crippen molar-refractivity contribution in [1.29, 1.82) is 0 Å². The molecule has 1 aromatic rings. The van der Waals surface area contributed by atoms with E-state index in [2.05, 4.69) is 0 Å². The largest absolute Gasteiger partial charge is 0.509 e. The molecule has 0 saturated carbocycles. The fourth-order valence-electron chi connectivity index (χ4n) is 3.39. The first-order valence-corrected chi connectivity index (χ1v) is 14.3. The van der Waals surface area contributed by atoms with Crippen LogP contribution < -0.4 is 15.2 Å². The Morgan fingerprint density at radius 2 is 1.45 bits per heavy atom. The van der Waals surface area contributed by atoms with Crippen LogP contribution in [0.25, 0.3) is 0 Å². The normalized spacial score (nSPS) is 12.7. The number of benzene rings is 1. The summed E-state index contributed by atoms with van der Waals surface area (Å²) >= 11 is 0. The quantitative estimate of drug-likeness (QED) is 0.132. The lowest BCUT2D eigenvalue weighted by atomic mass is 10.1. The van der Waals surface area contributed by atoms with E-state index in [0.717, 1.165) is 25.7 Å². The van der Waals surface area contributed by atoms with Gasteiger partial charge in [-0.2, -0.15) is 0 Å². The van der Waals surface area contributed by atoms with Gasteiger partial charge < -0.3 is 29.4 Å². The molecule has 0 bridgehead atoms. The average molecular weight is 566 g/mol. The Morgan fingerprint density at radius 1 is 0.875 bits per heavy atom. The van der Waals surface area contributed by atoms with E-state index in [1.165, 1.54) is 12.1 Å². The van der Waals surface area contributed by atoms with Crippen molar-refractivity contribution < 1.29 is 42.9 Å². The van der Waals surface area contributed by atoms with Crippen LogP contribution >= 0.6 is 0 Å². The molecule has 0 fully saturated rings. The predicted molar refractivity (Wildman–Crippen MR) is 150 cm³/mol. The van der Waals surface area contributed by atoms with Gasteiger partial charge in [-0.25, -0.2) is 4.79 Å². The standard InChI is InChI=1S/C30H47NO9/c1-7-10-12-14-26(32)38-24-17-16-22(19-25(24)39-27(33)15-13-11-8-2)18-23(31)28(34)36-20-21(4)37-29(35)40-30(5,6)9-3/h16-17,19,21,23H,7-15,18,20,31H2,1-6H3/t21-,23-/m0/s1. The third-order valence-corrected chi connectivity index (χ3v) is 6.15. The highest BCUT2D eigenvalue weighted by Crippen LogP contribution is 2.30. The van der Waals surface area contributed by atoms with Crippen LogP contribution in [-0.4, -0.2) is 48.4 Å². The lowest BCUT2D eigenvalue weighted by Gasteiger charge is -2.24. The second kappa shape index (κ2) is 18.3. The molecule has 0 saturated heterocycles. The van der Waals surface area contributed by atoms with Gasteiger partial charge in [0, 0.05) is 12.8 Å². The summed E-state index contributed by atoms with van der Waals surface area (Å²) in [7, 11) is 0. The number of hydrogen-bond acceptors (Lipinski definition) is 10. The van der Waals surface area contributed by atoms with Crippen LogP contribution in [0.4, 0.5) is 4.79 Å². The zero-order valence-corrected chi connectivity index (χ0v) is 24.9. The number of nitrogens with two attached hydrogens (primary N) is 1. The molecular weight excluding hydrogens is 518 g/mol. The minimum Gasteiger partial charge on any atom is -0.461 e. The Kier molecular flexibility index (Phi) is 15.9. The van der Waals surface area contributed by atoms with E-state index >= 15 is 0 Å². The van der Waals surface area contributed by atoms with Gasteiger partial charge in [-0.05, 0) is 64.2 Å². The molecule has 1 aromatic carbocycles. The number of hydrogen-bond donors (Lipinski definition) is 1. The van der Waals surface area contributed by atoms with E-state index in [4.69, 9.17) is 29.4 Å². The van der Waals surface area contributed by atoms with Crippen molar-refractivity contribution in [2.45, 2.75) is 123 Å². The summed E-state index contributed by atoms with van der Waals surface area (Å²) in [6.07, 6.45) is 4.74. The van der Waals surface area contributed by atoms with Crippen molar-refractivity contribution >= 4 is 24.1 Å². The van der Waals surface area contributed by atoms with Crippen molar-refractivity contribution in [1.82, 2.24) is 0 Å². The van der Waals surface area contributed by atoms with Crippen molar-refractivity contribution in [2.75, 3.05) is 6.61 Å². The molecule has 2 N–H and O–H groups in total. The van der Waals surface area contributed by atoms with Gasteiger partial charge in [-0.1, -0.05) is 52.5 Å². The molecule has 0 aromatic heterocycles. The van der Waals surface area contributed by atoms with Crippen molar-refractivity contribution in [2.24, 2.45) is 5.73 Å². The van der Waals surface area contributed by atoms with Crippen LogP contribution in [0.15, 0.2) is 18.2 Å². The van der Waals surface area contributed by atoms with E-state index in [1.54, 1.807) is 26.8 Å². The summed E-state index contributed by atoms with van der Waals surface area (Å²) in [5, 5.41) is 0. The number of unbranched alkanes of at least 4 members (excludes halogenated alkanes) is 4. The van der Waals surface area contributed by atoms with E-state index < -0.39 is 41.8 Å². The Bertz CT molecular complexity index is 960.